The van der Waals surface area contributed by atoms with Crippen LogP contribution in [0.1, 0.15) is 11.1 Å². The molecule has 0 N–H and O–H groups in total. The first-order valence-corrected chi connectivity index (χ1v) is 18.8. The largest absolute Gasteiger partial charge is 0.254 e. The van der Waals surface area contributed by atoms with Gasteiger partial charge in [-0.25, -0.2) is 24.9 Å². The maximum atomic E-state index is 5.17. The molecule has 0 radical (unpaired) electrons. The van der Waals surface area contributed by atoms with E-state index in [2.05, 4.69) is 126 Å². The Morgan fingerprint density at radius 3 is 1.77 bits per heavy atom. The number of nitrogens with zero attached hydrogens (tertiary/aromatic N) is 7. The molecule has 0 unspecified atom stereocenters. The summed E-state index contributed by atoms with van der Waals surface area (Å²) in [6, 6.07) is 52.0. The Hall–Kier alpha value is -7.51. The van der Waals surface area contributed by atoms with E-state index in [-0.39, 0.29) is 0 Å². The molecule has 56 heavy (non-hydrogen) atoms. The fourth-order valence-corrected chi connectivity index (χ4v) is 7.87. The third-order valence-electron chi connectivity index (χ3n) is 10.7. The molecule has 7 heteroatoms. The molecule has 10 aromatic rings. The van der Waals surface area contributed by atoms with Crippen molar-refractivity contribution in [1.29, 1.82) is 0 Å². The van der Waals surface area contributed by atoms with Crippen molar-refractivity contribution in [2.45, 2.75) is 12.8 Å². The molecule has 0 amide bonds. The number of aryl methyl sites for hydroxylation is 2. The van der Waals surface area contributed by atoms with Gasteiger partial charge in [0.1, 0.15) is 0 Å². The van der Waals surface area contributed by atoms with Crippen molar-refractivity contribution in [1.82, 2.24) is 34.9 Å². The molecule has 0 aliphatic heterocycles. The number of aromatic nitrogens is 7. The zero-order valence-corrected chi connectivity index (χ0v) is 30.1. The molecule has 0 spiro atoms. The van der Waals surface area contributed by atoms with Crippen LogP contribution in [0.25, 0.3) is 101 Å². The van der Waals surface area contributed by atoms with Crippen molar-refractivity contribution in [3.8, 4) is 68.1 Å². The van der Waals surface area contributed by atoms with Crippen LogP contribution in [0.15, 0.2) is 164 Å². The van der Waals surface area contributed by atoms with Gasteiger partial charge in [-0.05, 0) is 71.1 Å². The minimum absolute atomic E-state index is 0.577. The molecule has 0 bridgehead atoms. The molecule has 1 aliphatic carbocycles. The lowest BCUT2D eigenvalue weighted by molar-refractivity contribution is 0.913. The second-order valence-electron chi connectivity index (χ2n) is 14.1. The van der Waals surface area contributed by atoms with E-state index >= 15 is 0 Å². The van der Waals surface area contributed by atoms with Crippen molar-refractivity contribution in [2.75, 3.05) is 0 Å². The Labute approximate surface area is 322 Å². The van der Waals surface area contributed by atoms with E-state index in [0.29, 0.717) is 17.5 Å². The van der Waals surface area contributed by atoms with Crippen LogP contribution in [0, 0.1) is 0 Å². The van der Waals surface area contributed by atoms with E-state index in [1.807, 2.05) is 42.7 Å². The second-order valence-corrected chi connectivity index (χ2v) is 14.1. The predicted molar refractivity (Wildman–Crippen MR) is 224 cm³/mol. The smallest absolute Gasteiger partial charge is 0.164 e. The number of benzene rings is 5. The monoisotopic (exact) mass is 717 g/mol. The third-order valence-corrected chi connectivity index (χ3v) is 10.7. The summed E-state index contributed by atoms with van der Waals surface area (Å²) in [6.45, 7) is 0. The SMILES string of the molecule is c1cc(-c2ccc3c(n2)-c2ncccc2CC3)cc(-c2nc(-c3cccc(-c4ccc5ccc6cccnc6c5n4)c3)nc(-c3cccc4ccccc34)n2)c1. The van der Waals surface area contributed by atoms with Gasteiger partial charge in [-0.1, -0.05) is 115 Å². The standard InChI is InChI=1S/C49H31N7/c1-2-16-39-30(8-1)9-5-17-40(39)49-55-47(37-12-3-10-35(28-37)41-24-22-33-20-18-31-14-6-26-50-43(31)45(33)52-41)54-48(56-49)38-13-4-11-36(29-38)42-25-23-34-21-19-32-15-7-27-51-44(32)46(34)53-42/h1-18,20,22-29H,19,21H2. The summed E-state index contributed by atoms with van der Waals surface area (Å²) in [4.78, 5) is 35.1. The minimum Gasteiger partial charge on any atom is -0.254 e. The summed E-state index contributed by atoms with van der Waals surface area (Å²) in [5.41, 5.74) is 12.5. The molecule has 0 fully saturated rings. The van der Waals surface area contributed by atoms with Gasteiger partial charge in [-0.15, -0.1) is 0 Å². The van der Waals surface area contributed by atoms with Gasteiger partial charge in [0, 0.05) is 51.0 Å². The van der Waals surface area contributed by atoms with Crippen molar-refractivity contribution in [3.05, 3.63) is 175 Å². The van der Waals surface area contributed by atoms with Crippen LogP contribution in [0.5, 0.6) is 0 Å². The van der Waals surface area contributed by atoms with E-state index in [9.17, 15) is 0 Å². The van der Waals surface area contributed by atoms with Gasteiger partial charge in [0.05, 0.1) is 33.8 Å². The first-order chi connectivity index (χ1) is 27.7. The van der Waals surface area contributed by atoms with Crippen LogP contribution in [0.2, 0.25) is 0 Å². The third kappa shape index (κ3) is 5.56. The number of rotatable bonds is 5. The fraction of sp³-hybridized carbons (Fsp3) is 0.0408. The predicted octanol–water partition coefficient (Wildman–Crippen LogP) is 11.0. The lowest BCUT2D eigenvalue weighted by Gasteiger charge is -2.18. The summed E-state index contributed by atoms with van der Waals surface area (Å²) >= 11 is 0. The van der Waals surface area contributed by atoms with Crippen LogP contribution in [-0.2, 0) is 12.8 Å². The molecule has 0 saturated heterocycles. The van der Waals surface area contributed by atoms with Crippen molar-refractivity contribution < 1.29 is 0 Å². The molecule has 1 aliphatic rings. The summed E-state index contributed by atoms with van der Waals surface area (Å²) in [5.74, 6) is 1.76. The van der Waals surface area contributed by atoms with Gasteiger partial charge >= 0.3 is 0 Å². The Balaban J connectivity index is 1.05. The van der Waals surface area contributed by atoms with Crippen LogP contribution < -0.4 is 0 Å². The Kier molecular flexibility index (Phi) is 7.48. The molecule has 262 valence electrons. The van der Waals surface area contributed by atoms with Crippen molar-refractivity contribution >= 4 is 32.6 Å². The van der Waals surface area contributed by atoms with Crippen molar-refractivity contribution in [3.63, 3.8) is 0 Å². The molecule has 5 aromatic heterocycles. The van der Waals surface area contributed by atoms with Gasteiger partial charge in [-0.3, -0.25) is 9.97 Å². The summed E-state index contributed by atoms with van der Waals surface area (Å²) < 4.78 is 0. The van der Waals surface area contributed by atoms with Crippen LogP contribution in [0.4, 0.5) is 0 Å². The second kappa shape index (κ2) is 13.1. The highest BCUT2D eigenvalue weighted by Gasteiger charge is 2.20. The van der Waals surface area contributed by atoms with Crippen molar-refractivity contribution in [2.24, 2.45) is 0 Å². The average molecular weight is 718 g/mol. The lowest BCUT2D eigenvalue weighted by Crippen LogP contribution is -2.07. The Bertz CT molecular complexity index is 3170. The number of fused-ring (bicyclic) bond motifs is 7. The Morgan fingerprint density at radius 1 is 0.357 bits per heavy atom. The molecule has 7 nitrogen and oxygen atoms in total. The van der Waals surface area contributed by atoms with Gasteiger partial charge in [0.25, 0.3) is 0 Å². The molecular formula is C49H31N7. The van der Waals surface area contributed by atoms with E-state index in [0.717, 1.165) is 96.0 Å². The lowest BCUT2D eigenvalue weighted by atomic mass is 9.92. The minimum atomic E-state index is 0.577. The molecular weight excluding hydrogens is 687 g/mol. The molecule has 0 atom stereocenters. The number of pyridine rings is 4. The van der Waals surface area contributed by atoms with E-state index in [1.165, 1.54) is 11.1 Å². The molecule has 5 heterocycles. The first-order valence-electron chi connectivity index (χ1n) is 18.8. The zero-order valence-electron chi connectivity index (χ0n) is 30.1. The van der Waals surface area contributed by atoms with E-state index in [1.54, 1.807) is 0 Å². The summed E-state index contributed by atoms with van der Waals surface area (Å²) in [6.07, 6.45) is 5.60. The normalized spacial score (nSPS) is 12.1. The molecule has 5 aromatic carbocycles. The van der Waals surface area contributed by atoms with Crippen LogP contribution in [0.3, 0.4) is 0 Å². The number of hydrogen-bond acceptors (Lipinski definition) is 7. The average Bonchev–Trinajstić information content (AvgIpc) is 3.28. The highest BCUT2D eigenvalue weighted by Crippen LogP contribution is 2.35. The fourth-order valence-electron chi connectivity index (χ4n) is 7.87. The van der Waals surface area contributed by atoms with E-state index in [4.69, 9.17) is 29.9 Å². The first kappa shape index (κ1) is 32.0. The zero-order chi connectivity index (χ0) is 37.0. The van der Waals surface area contributed by atoms with Crippen LogP contribution in [-0.4, -0.2) is 34.9 Å². The van der Waals surface area contributed by atoms with Gasteiger partial charge in [-0.2, -0.15) is 0 Å². The molecule has 11 rings (SSSR count). The van der Waals surface area contributed by atoms with Crippen LogP contribution >= 0.6 is 0 Å². The number of hydrogen-bond donors (Lipinski definition) is 0. The highest BCUT2D eigenvalue weighted by atomic mass is 15.0. The maximum Gasteiger partial charge on any atom is 0.164 e. The van der Waals surface area contributed by atoms with Gasteiger partial charge in [0.15, 0.2) is 17.5 Å². The summed E-state index contributed by atoms with van der Waals surface area (Å²) in [5, 5.41) is 4.31. The van der Waals surface area contributed by atoms with Gasteiger partial charge in [0.2, 0.25) is 0 Å². The van der Waals surface area contributed by atoms with E-state index < -0.39 is 0 Å². The summed E-state index contributed by atoms with van der Waals surface area (Å²) in [7, 11) is 0. The topological polar surface area (TPSA) is 90.2 Å². The molecule has 0 saturated carbocycles. The maximum absolute atomic E-state index is 5.17. The Morgan fingerprint density at radius 2 is 0.946 bits per heavy atom. The van der Waals surface area contributed by atoms with Gasteiger partial charge < -0.3 is 0 Å². The highest BCUT2D eigenvalue weighted by molar-refractivity contribution is 6.03. The quantitative estimate of drug-likeness (QED) is 0.164.